The molecule has 0 radical (unpaired) electrons. The van der Waals surface area contributed by atoms with Crippen LogP contribution in [0.25, 0.3) is 0 Å². The highest BCUT2D eigenvalue weighted by molar-refractivity contribution is 9.10. The van der Waals surface area contributed by atoms with Gasteiger partial charge in [-0.2, -0.15) is 0 Å². The van der Waals surface area contributed by atoms with E-state index in [9.17, 15) is 9.59 Å². The Hall–Kier alpha value is -1.56. The van der Waals surface area contributed by atoms with Crippen LogP contribution in [0.3, 0.4) is 0 Å². The molecule has 1 aliphatic heterocycles. The van der Waals surface area contributed by atoms with E-state index in [1.165, 1.54) is 0 Å². The van der Waals surface area contributed by atoms with Gasteiger partial charge in [-0.15, -0.1) is 0 Å². The van der Waals surface area contributed by atoms with Crippen molar-refractivity contribution in [3.63, 3.8) is 0 Å². The molecule has 0 atom stereocenters. The molecule has 3 amide bonds. The topological polar surface area (TPSA) is 66.6 Å². The first-order valence-corrected chi connectivity index (χ1v) is 8.21. The number of nitrogens with zero attached hydrogens (tertiary/aromatic N) is 2. The average Bonchev–Trinajstić information content (AvgIpc) is 2.72. The number of halogens is 1. The van der Waals surface area contributed by atoms with Crippen molar-refractivity contribution in [3.05, 3.63) is 34.3 Å². The Balaban J connectivity index is 2.12. The van der Waals surface area contributed by atoms with Gasteiger partial charge in [0, 0.05) is 30.7 Å². The van der Waals surface area contributed by atoms with Crippen molar-refractivity contribution in [1.82, 2.24) is 9.80 Å². The number of carbonyl (C=O) groups is 2. The lowest BCUT2D eigenvalue weighted by Crippen LogP contribution is -2.45. The number of hydrogen-bond donors (Lipinski definition) is 1. The molecule has 0 unspecified atom stereocenters. The van der Waals surface area contributed by atoms with Gasteiger partial charge in [0.1, 0.15) is 0 Å². The van der Waals surface area contributed by atoms with Gasteiger partial charge in [0.2, 0.25) is 5.91 Å². The molecular formula is C16H22BrN3O2. The van der Waals surface area contributed by atoms with Crippen molar-refractivity contribution in [2.75, 3.05) is 26.2 Å². The van der Waals surface area contributed by atoms with Crippen molar-refractivity contribution < 1.29 is 9.59 Å². The zero-order valence-electron chi connectivity index (χ0n) is 13.0. The van der Waals surface area contributed by atoms with Crippen LogP contribution >= 0.6 is 15.9 Å². The lowest BCUT2D eigenvalue weighted by molar-refractivity contribution is -0.136. The summed E-state index contributed by atoms with van der Waals surface area (Å²) in [5.41, 5.74) is 5.72. The molecule has 1 aromatic rings. The second kappa shape index (κ2) is 6.69. The quantitative estimate of drug-likeness (QED) is 0.871. The molecule has 2 N–H and O–H groups in total. The predicted octanol–water partition coefficient (Wildman–Crippen LogP) is 2.34. The second-order valence-electron chi connectivity index (χ2n) is 6.10. The SMILES string of the molecule is CC(C)(C(=O)N1CCCN(C(N)=O)CC1)c1ccc(Br)cc1. The molecule has 1 fully saturated rings. The third-order valence-electron chi connectivity index (χ3n) is 4.20. The molecular weight excluding hydrogens is 346 g/mol. The molecule has 1 saturated heterocycles. The highest BCUT2D eigenvalue weighted by Gasteiger charge is 2.34. The minimum atomic E-state index is -0.595. The maximum Gasteiger partial charge on any atom is 0.314 e. The molecule has 0 bridgehead atoms. The molecule has 0 aromatic heterocycles. The number of rotatable bonds is 2. The summed E-state index contributed by atoms with van der Waals surface area (Å²) in [6, 6.07) is 7.41. The van der Waals surface area contributed by atoms with Crippen molar-refractivity contribution in [1.29, 1.82) is 0 Å². The summed E-state index contributed by atoms with van der Waals surface area (Å²) in [7, 11) is 0. The number of urea groups is 1. The van der Waals surface area contributed by atoms with Crippen LogP contribution in [0.5, 0.6) is 0 Å². The van der Waals surface area contributed by atoms with E-state index in [0.717, 1.165) is 16.5 Å². The minimum Gasteiger partial charge on any atom is -0.351 e. The van der Waals surface area contributed by atoms with E-state index >= 15 is 0 Å². The van der Waals surface area contributed by atoms with Gasteiger partial charge in [0.15, 0.2) is 0 Å². The Labute approximate surface area is 139 Å². The molecule has 2 rings (SSSR count). The molecule has 5 nitrogen and oxygen atoms in total. The van der Waals surface area contributed by atoms with Gasteiger partial charge in [-0.1, -0.05) is 28.1 Å². The number of primary amides is 1. The van der Waals surface area contributed by atoms with E-state index in [1.54, 1.807) is 4.90 Å². The van der Waals surface area contributed by atoms with Gasteiger partial charge in [-0.05, 0) is 38.0 Å². The van der Waals surface area contributed by atoms with Gasteiger partial charge in [0.05, 0.1) is 5.41 Å². The van der Waals surface area contributed by atoms with E-state index in [-0.39, 0.29) is 5.91 Å². The first-order chi connectivity index (χ1) is 10.3. The fourth-order valence-corrected chi connectivity index (χ4v) is 2.99. The van der Waals surface area contributed by atoms with E-state index in [0.29, 0.717) is 26.2 Å². The van der Waals surface area contributed by atoms with Crippen LogP contribution in [0.4, 0.5) is 4.79 Å². The minimum absolute atomic E-state index is 0.0844. The lowest BCUT2D eigenvalue weighted by Gasteiger charge is -2.31. The number of hydrogen-bond acceptors (Lipinski definition) is 2. The fraction of sp³-hybridized carbons (Fsp3) is 0.500. The van der Waals surface area contributed by atoms with Crippen LogP contribution in [0.2, 0.25) is 0 Å². The second-order valence-corrected chi connectivity index (χ2v) is 7.02. The van der Waals surface area contributed by atoms with E-state index in [1.807, 2.05) is 43.0 Å². The molecule has 0 aliphatic carbocycles. The monoisotopic (exact) mass is 367 g/mol. The standard InChI is InChI=1S/C16H22BrN3O2/c1-16(2,12-4-6-13(17)7-5-12)14(21)19-8-3-9-20(11-10-19)15(18)22/h4-7H,3,8-11H2,1-2H3,(H2,18,22). The third-order valence-corrected chi connectivity index (χ3v) is 4.72. The smallest absolute Gasteiger partial charge is 0.314 e. The Morgan fingerprint density at radius 3 is 2.18 bits per heavy atom. The summed E-state index contributed by atoms with van der Waals surface area (Å²) in [5, 5.41) is 0. The van der Waals surface area contributed by atoms with Crippen molar-refractivity contribution in [2.24, 2.45) is 5.73 Å². The van der Waals surface area contributed by atoms with Crippen LogP contribution in [0.1, 0.15) is 25.8 Å². The number of amides is 3. The Bertz CT molecular complexity index is 557. The van der Waals surface area contributed by atoms with Crippen molar-refractivity contribution >= 4 is 27.9 Å². The first-order valence-electron chi connectivity index (χ1n) is 7.42. The zero-order valence-corrected chi connectivity index (χ0v) is 14.6. The number of benzene rings is 1. The third kappa shape index (κ3) is 3.61. The van der Waals surface area contributed by atoms with Gasteiger partial charge < -0.3 is 15.5 Å². The number of carbonyl (C=O) groups excluding carboxylic acids is 2. The maximum atomic E-state index is 12.9. The van der Waals surface area contributed by atoms with Gasteiger partial charge in [0.25, 0.3) is 0 Å². The normalized spacial score (nSPS) is 16.3. The Morgan fingerprint density at radius 1 is 1.05 bits per heavy atom. The van der Waals surface area contributed by atoms with Crippen LogP contribution in [-0.2, 0) is 10.2 Å². The first kappa shape index (κ1) is 16.8. The summed E-state index contributed by atoms with van der Waals surface area (Å²) < 4.78 is 0.992. The Kier molecular flexibility index (Phi) is 5.11. The summed E-state index contributed by atoms with van der Waals surface area (Å²) >= 11 is 3.41. The molecule has 1 aromatic carbocycles. The van der Waals surface area contributed by atoms with Gasteiger partial charge in [-0.3, -0.25) is 4.79 Å². The van der Waals surface area contributed by atoms with Crippen molar-refractivity contribution in [2.45, 2.75) is 25.7 Å². The molecule has 1 heterocycles. The zero-order chi connectivity index (χ0) is 16.3. The molecule has 0 spiro atoms. The molecule has 0 saturated carbocycles. The maximum absolute atomic E-state index is 12.9. The van der Waals surface area contributed by atoms with Crippen molar-refractivity contribution in [3.8, 4) is 0 Å². The summed E-state index contributed by atoms with van der Waals surface area (Å²) in [5.74, 6) is 0.0844. The fourth-order valence-electron chi connectivity index (χ4n) is 2.73. The predicted molar refractivity (Wildman–Crippen MR) is 89.5 cm³/mol. The molecule has 22 heavy (non-hydrogen) atoms. The summed E-state index contributed by atoms with van der Waals surface area (Å²) in [6.07, 6.45) is 0.755. The molecule has 120 valence electrons. The average molecular weight is 368 g/mol. The summed E-state index contributed by atoms with van der Waals surface area (Å²) in [6.45, 7) is 6.17. The van der Waals surface area contributed by atoms with E-state index < -0.39 is 11.4 Å². The molecule has 1 aliphatic rings. The van der Waals surface area contributed by atoms with E-state index in [2.05, 4.69) is 15.9 Å². The lowest BCUT2D eigenvalue weighted by atomic mass is 9.83. The highest BCUT2D eigenvalue weighted by atomic mass is 79.9. The largest absolute Gasteiger partial charge is 0.351 e. The summed E-state index contributed by atoms with van der Waals surface area (Å²) in [4.78, 5) is 27.6. The Morgan fingerprint density at radius 2 is 1.59 bits per heavy atom. The molecule has 6 heteroatoms. The van der Waals surface area contributed by atoms with Gasteiger partial charge in [-0.25, -0.2) is 4.79 Å². The van der Waals surface area contributed by atoms with E-state index in [4.69, 9.17) is 5.73 Å². The number of nitrogens with two attached hydrogens (primary N) is 1. The van der Waals surface area contributed by atoms with Crippen LogP contribution in [0, 0.1) is 0 Å². The van der Waals surface area contributed by atoms with Gasteiger partial charge >= 0.3 is 6.03 Å². The highest BCUT2D eigenvalue weighted by Crippen LogP contribution is 2.27. The van der Waals surface area contributed by atoms with Crippen LogP contribution < -0.4 is 5.73 Å². The van der Waals surface area contributed by atoms with Crippen LogP contribution in [0.15, 0.2) is 28.7 Å². The van der Waals surface area contributed by atoms with Crippen LogP contribution in [-0.4, -0.2) is 47.9 Å².